The number of benzene rings is 1. The lowest BCUT2D eigenvalue weighted by atomic mass is 10.0. The van der Waals surface area contributed by atoms with Crippen molar-refractivity contribution in [3.05, 3.63) is 34.5 Å². The van der Waals surface area contributed by atoms with E-state index in [-0.39, 0.29) is 12.5 Å². The van der Waals surface area contributed by atoms with Crippen LogP contribution in [0.3, 0.4) is 0 Å². The molecule has 3 rings (SSSR count). The molecule has 2 aromatic rings. The summed E-state index contributed by atoms with van der Waals surface area (Å²) in [7, 11) is 1.67. The van der Waals surface area contributed by atoms with Gasteiger partial charge in [-0.15, -0.1) is 0 Å². The number of rotatable bonds is 2. The monoisotopic (exact) mass is 294 g/mol. The average Bonchev–Trinajstić information content (AvgIpc) is 2.81. The van der Waals surface area contributed by atoms with Crippen molar-refractivity contribution in [2.75, 3.05) is 6.79 Å². The molecule has 0 saturated heterocycles. The lowest BCUT2D eigenvalue weighted by Crippen LogP contribution is -2.13. The van der Waals surface area contributed by atoms with Gasteiger partial charge in [0.25, 0.3) is 0 Å². The molecule has 7 heteroatoms. The fourth-order valence-electron chi connectivity index (χ4n) is 2.21. The molecule has 20 heavy (non-hydrogen) atoms. The molecule has 0 bridgehead atoms. The zero-order valence-electron chi connectivity index (χ0n) is 10.6. The van der Waals surface area contributed by atoms with E-state index < -0.39 is 5.97 Å². The van der Waals surface area contributed by atoms with Gasteiger partial charge >= 0.3 is 5.97 Å². The van der Waals surface area contributed by atoms with Crippen LogP contribution in [0.1, 0.15) is 16.1 Å². The highest BCUT2D eigenvalue weighted by molar-refractivity contribution is 6.33. The molecule has 2 heterocycles. The molecular weight excluding hydrogens is 284 g/mol. The molecule has 0 radical (unpaired) electrons. The SMILES string of the molecule is Cn1nc(C(=O)O)cc1-c1c(Cl)ccc2c1COCO2. The lowest BCUT2D eigenvalue weighted by Gasteiger charge is -2.21. The van der Waals surface area contributed by atoms with E-state index in [1.165, 1.54) is 10.7 Å². The molecule has 1 aromatic carbocycles. The molecule has 0 aliphatic carbocycles. The van der Waals surface area contributed by atoms with Crippen LogP contribution in [0.5, 0.6) is 5.75 Å². The Kier molecular flexibility index (Phi) is 3.11. The maximum atomic E-state index is 11.0. The Labute approximate surface area is 119 Å². The number of halogens is 1. The number of aromatic nitrogens is 2. The number of hydrogen-bond acceptors (Lipinski definition) is 4. The molecular formula is C13H11ClN2O4. The van der Waals surface area contributed by atoms with E-state index >= 15 is 0 Å². The van der Waals surface area contributed by atoms with Crippen LogP contribution in [0.2, 0.25) is 5.02 Å². The molecule has 0 amide bonds. The van der Waals surface area contributed by atoms with Crippen LogP contribution < -0.4 is 4.74 Å². The third-order valence-electron chi connectivity index (χ3n) is 3.12. The standard InChI is InChI=1S/C13H11ClN2O4/c1-16-10(4-9(15-16)13(17)18)12-7-5-19-6-20-11(7)3-2-8(12)14/h2-4H,5-6H2,1H3,(H,17,18). The first-order valence-electron chi connectivity index (χ1n) is 5.87. The van der Waals surface area contributed by atoms with Crippen LogP contribution >= 0.6 is 11.6 Å². The van der Waals surface area contributed by atoms with Crippen LogP contribution in [0.15, 0.2) is 18.2 Å². The number of aryl methyl sites for hydroxylation is 1. The first-order valence-corrected chi connectivity index (χ1v) is 6.25. The Morgan fingerprint density at radius 2 is 2.30 bits per heavy atom. The van der Waals surface area contributed by atoms with Gasteiger partial charge in [-0.3, -0.25) is 4.68 Å². The Hall–Kier alpha value is -2.05. The van der Waals surface area contributed by atoms with Crippen LogP contribution in [0.25, 0.3) is 11.3 Å². The maximum absolute atomic E-state index is 11.0. The van der Waals surface area contributed by atoms with E-state index in [0.29, 0.717) is 28.6 Å². The molecule has 0 spiro atoms. The molecule has 104 valence electrons. The van der Waals surface area contributed by atoms with Crippen LogP contribution in [0, 0.1) is 0 Å². The Bertz CT molecular complexity index is 696. The van der Waals surface area contributed by atoms with Crippen molar-refractivity contribution in [3.63, 3.8) is 0 Å². The normalized spacial score (nSPS) is 13.7. The number of hydrogen-bond donors (Lipinski definition) is 1. The van der Waals surface area contributed by atoms with Crippen LogP contribution in [-0.4, -0.2) is 27.6 Å². The molecule has 1 N–H and O–H groups in total. The van der Waals surface area contributed by atoms with Gasteiger partial charge in [-0.25, -0.2) is 4.79 Å². The highest BCUT2D eigenvalue weighted by Gasteiger charge is 2.22. The van der Waals surface area contributed by atoms with Crippen molar-refractivity contribution in [2.45, 2.75) is 6.61 Å². The zero-order valence-corrected chi connectivity index (χ0v) is 11.3. The van der Waals surface area contributed by atoms with Crippen molar-refractivity contribution >= 4 is 17.6 Å². The average molecular weight is 295 g/mol. The van der Waals surface area contributed by atoms with E-state index in [1.807, 2.05) is 0 Å². The van der Waals surface area contributed by atoms with Gasteiger partial charge in [0.2, 0.25) is 0 Å². The van der Waals surface area contributed by atoms with Crippen molar-refractivity contribution < 1.29 is 19.4 Å². The Morgan fingerprint density at radius 3 is 3.00 bits per heavy atom. The molecule has 1 aliphatic rings. The summed E-state index contributed by atoms with van der Waals surface area (Å²) >= 11 is 6.26. The largest absolute Gasteiger partial charge is 0.476 e. The van der Waals surface area contributed by atoms with Gasteiger partial charge in [-0.2, -0.15) is 5.10 Å². The van der Waals surface area contributed by atoms with Gasteiger partial charge in [0.1, 0.15) is 5.75 Å². The predicted molar refractivity (Wildman–Crippen MR) is 70.9 cm³/mol. The summed E-state index contributed by atoms with van der Waals surface area (Å²) in [6.07, 6.45) is 0. The molecule has 0 saturated carbocycles. The topological polar surface area (TPSA) is 73.6 Å². The number of fused-ring (bicyclic) bond motifs is 1. The summed E-state index contributed by atoms with van der Waals surface area (Å²) < 4.78 is 12.2. The summed E-state index contributed by atoms with van der Waals surface area (Å²) in [5, 5.41) is 13.5. The number of nitrogens with zero attached hydrogens (tertiary/aromatic N) is 2. The summed E-state index contributed by atoms with van der Waals surface area (Å²) in [6.45, 7) is 0.554. The van der Waals surface area contributed by atoms with E-state index in [4.69, 9.17) is 26.2 Å². The van der Waals surface area contributed by atoms with E-state index in [1.54, 1.807) is 19.2 Å². The third kappa shape index (κ3) is 2.03. The molecule has 0 fully saturated rings. The van der Waals surface area contributed by atoms with Crippen molar-refractivity contribution in [1.82, 2.24) is 9.78 Å². The Morgan fingerprint density at radius 1 is 1.50 bits per heavy atom. The summed E-state index contributed by atoms with van der Waals surface area (Å²) in [4.78, 5) is 11.0. The predicted octanol–water partition coefficient (Wildman–Crippen LogP) is 2.31. The van der Waals surface area contributed by atoms with E-state index in [0.717, 1.165) is 5.56 Å². The van der Waals surface area contributed by atoms with Crippen LogP contribution in [0.4, 0.5) is 0 Å². The fourth-order valence-corrected chi connectivity index (χ4v) is 2.48. The molecule has 1 aromatic heterocycles. The lowest BCUT2D eigenvalue weighted by molar-refractivity contribution is -0.0160. The van der Waals surface area contributed by atoms with Crippen molar-refractivity contribution in [2.24, 2.45) is 7.05 Å². The number of carbonyl (C=O) groups is 1. The van der Waals surface area contributed by atoms with E-state index in [2.05, 4.69) is 5.10 Å². The van der Waals surface area contributed by atoms with Gasteiger partial charge in [0.05, 0.1) is 17.3 Å². The second kappa shape index (κ2) is 4.81. The fraction of sp³-hybridized carbons (Fsp3) is 0.231. The maximum Gasteiger partial charge on any atom is 0.356 e. The second-order valence-electron chi connectivity index (χ2n) is 4.35. The number of aromatic carboxylic acids is 1. The summed E-state index contributed by atoms with van der Waals surface area (Å²) in [5.74, 6) is -0.394. The summed E-state index contributed by atoms with van der Waals surface area (Å²) in [5.41, 5.74) is 2.06. The first-order chi connectivity index (χ1) is 9.58. The molecule has 0 atom stereocenters. The zero-order chi connectivity index (χ0) is 14.3. The molecule has 6 nitrogen and oxygen atoms in total. The number of carboxylic acids is 1. The summed E-state index contributed by atoms with van der Waals surface area (Å²) in [6, 6.07) is 4.98. The number of ether oxygens (including phenoxy) is 2. The third-order valence-corrected chi connectivity index (χ3v) is 3.43. The van der Waals surface area contributed by atoms with Gasteiger partial charge in [-0.1, -0.05) is 11.6 Å². The minimum atomic E-state index is -1.08. The van der Waals surface area contributed by atoms with Gasteiger partial charge in [-0.05, 0) is 18.2 Å². The molecule has 0 unspecified atom stereocenters. The van der Waals surface area contributed by atoms with E-state index in [9.17, 15) is 4.79 Å². The highest BCUT2D eigenvalue weighted by Crippen LogP contribution is 2.38. The van der Waals surface area contributed by atoms with Gasteiger partial charge in [0, 0.05) is 18.2 Å². The second-order valence-corrected chi connectivity index (χ2v) is 4.76. The van der Waals surface area contributed by atoms with Crippen molar-refractivity contribution in [3.8, 4) is 17.0 Å². The van der Waals surface area contributed by atoms with Crippen LogP contribution in [-0.2, 0) is 18.4 Å². The van der Waals surface area contributed by atoms with Gasteiger partial charge in [0.15, 0.2) is 12.5 Å². The number of carboxylic acid groups (broad SMARTS) is 1. The highest BCUT2D eigenvalue weighted by atomic mass is 35.5. The first kappa shape index (κ1) is 13.0. The Balaban J connectivity index is 2.21. The molecule has 1 aliphatic heterocycles. The quantitative estimate of drug-likeness (QED) is 0.920. The van der Waals surface area contributed by atoms with Gasteiger partial charge < -0.3 is 14.6 Å². The smallest absolute Gasteiger partial charge is 0.356 e. The van der Waals surface area contributed by atoms with Crippen molar-refractivity contribution in [1.29, 1.82) is 0 Å². The minimum Gasteiger partial charge on any atom is -0.476 e. The minimum absolute atomic E-state index is 0.0335.